The summed E-state index contributed by atoms with van der Waals surface area (Å²) in [6.45, 7) is 1.20. The van der Waals surface area contributed by atoms with Crippen LogP contribution in [0, 0.1) is 0 Å². The average Bonchev–Trinajstić information content (AvgIpc) is 3.29. The van der Waals surface area contributed by atoms with Crippen LogP contribution in [0.5, 0.6) is 0 Å². The largest absolute Gasteiger partial charge is 0.406 e. The molecular weight excluding hydrogens is 515 g/mol. The fourth-order valence-corrected chi connectivity index (χ4v) is 5.89. The predicted octanol–water partition coefficient (Wildman–Crippen LogP) is 5.86. The number of hydrogen-bond acceptors (Lipinski definition) is 3. The van der Waals surface area contributed by atoms with E-state index < -0.39 is 24.5 Å². The number of alkyl halides is 3. The Morgan fingerprint density at radius 1 is 0.825 bits per heavy atom. The first-order valence-corrected chi connectivity index (χ1v) is 13.9. The maximum atomic E-state index is 13.7. The number of benzene rings is 3. The van der Waals surface area contributed by atoms with E-state index >= 15 is 0 Å². The zero-order chi connectivity index (χ0) is 28.1. The van der Waals surface area contributed by atoms with Crippen LogP contribution in [0.3, 0.4) is 0 Å². The van der Waals surface area contributed by atoms with E-state index in [1.54, 1.807) is 12.1 Å². The van der Waals surface area contributed by atoms with E-state index in [1.165, 1.54) is 0 Å². The highest BCUT2D eigenvalue weighted by molar-refractivity contribution is 5.96. The maximum absolute atomic E-state index is 13.7. The number of carbonyl (C=O) groups is 2. The molecular formula is C32H34F3N3O2. The summed E-state index contributed by atoms with van der Waals surface area (Å²) in [5.41, 5.74) is 4.00. The van der Waals surface area contributed by atoms with Gasteiger partial charge in [-0.05, 0) is 66.6 Å². The Labute approximate surface area is 233 Å². The molecule has 8 heteroatoms. The minimum atomic E-state index is -4.47. The van der Waals surface area contributed by atoms with E-state index in [0.29, 0.717) is 18.4 Å². The van der Waals surface area contributed by atoms with E-state index in [0.717, 1.165) is 59.6 Å². The van der Waals surface area contributed by atoms with Gasteiger partial charge in [-0.3, -0.25) is 9.59 Å². The molecule has 0 bridgehead atoms. The number of likely N-dealkylation sites (tertiary alicyclic amines) is 1. The van der Waals surface area contributed by atoms with Crippen LogP contribution in [0.2, 0.25) is 0 Å². The Bertz CT molecular complexity index is 1270. The van der Waals surface area contributed by atoms with Gasteiger partial charge in [0.2, 0.25) is 5.91 Å². The highest BCUT2D eigenvalue weighted by Gasteiger charge is 2.39. The van der Waals surface area contributed by atoms with Gasteiger partial charge in [-0.1, -0.05) is 66.7 Å². The van der Waals surface area contributed by atoms with E-state index in [4.69, 9.17) is 0 Å². The number of rotatable bonds is 9. The van der Waals surface area contributed by atoms with E-state index in [1.807, 2.05) is 66.7 Å². The fraction of sp³-hybridized carbons (Fsp3) is 0.375. The Hall–Kier alpha value is -3.65. The first-order valence-electron chi connectivity index (χ1n) is 13.9. The third-order valence-electron chi connectivity index (χ3n) is 7.87. The Kier molecular flexibility index (Phi) is 8.54. The number of nitrogens with one attached hydrogen (secondary N) is 1. The van der Waals surface area contributed by atoms with Crippen molar-refractivity contribution in [3.63, 3.8) is 0 Å². The SMILES string of the molecule is O=C(NC1CCN(CCCCN(CC(F)(F)F)C(=O)C2c3ccccc3-c3ccccc32)CC1)c1ccccc1. The van der Waals surface area contributed by atoms with Gasteiger partial charge in [-0.15, -0.1) is 0 Å². The second-order valence-electron chi connectivity index (χ2n) is 10.6. The van der Waals surface area contributed by atoms with Crippen LogP contribution in [-0.4, -0.2) is 66.6 Å². The van der Waals surface area contributed by atoms with Crippen molar-refractivity contribution in [3.8, 4) is 11.1 Å². The molecule has 5 nitrogen and oxygen atoms in total. The molecule has 3 aromatic carbocycles. The van der Waals surface area contributed by atoms with Crippen molar-refractivity contribution in [1.29, 1.82) is 0 Å². The van der Waals surface area contributed by atoms with Gasteiger partial charge >= 0.3 is 6.18 Å². The smallest absolute Gasteiger partial charge is 0.349 e. The molecule has 1 aliphatic carbocycles. The first-order chi connectivity index (χ1) is 19.3. The molecule has 5 rings (SSSR count). The molecule has 0 unspecified atom stereocenters. The fourth-order valence-electron chi connectivity index (χ4n) is 5.89. The third kappa shape index (κ3) is 6.55. The zero-order valence-corrected chi connectivity index (χ0v) is 22.4. The topological polar surface area (TPSA) is 52.7 Å². The summed E-state index contributed by atoms with van der Waals surface area (Å²) >= 11 is 0. The van der Waals surface area contributed by atoms with Crippen LogP contribution in [-0.2, 0) is 4.79 Å². The number of hydrogen-bond donors (Lipinski definition) is 1. The Morgan fingerprint density at radius 3 is 2.00 bits per heavy atom. The number of halogens is 3. The molecule has 0 spiro atoms. The number of nitrogens with zero attached hydrogens (tertiary/aromatic N) is 2. The number of carbonyl (C=O) groups excluding carboxylic acids is 2. The molecule has 0 atom stereocenters. The van der Waals surface area contributed by atoms with Crippen LogP contribution in [0.1, 0.15) is 53.1 Å². The van der Waals surface area contributed by atoms with Crippen LogP contribution in [0.15, 0.2) is 78.9 Å². The molecule has 3 aromatic rings. The van der Waals surface area contributed by atoms with Crippen molar-refractivity contribution >= 4 is 11.8 Å². The number of fused-ring (bicyclic) bond motifs is 3. The van der Waals surface area contributed by atoms with Crippen LogP contribution in [0.25, 0.3) is 11.1 Å². The molecule has 2 aliphatic rings. The molecule has 1 heterocycles. The van der Waals surface area contributed by atoms with Gasteiger partial charge in [0.05, 0.1) is 5.92 Å². The van der Waals surface area contributed by atoms with E-state index in [-0.39, 0.29) is 18.5 Å². The lowest BCUT2D eigenvalue weighted by Gasteiger charge is -2.32. The molecule has 40 heavy (non-hydrogen) atoms. The Balaban J connectivity index is 1.14. The minimum absolute atomic E-state index is 0.0583. The molecule has 0 radical (unpaired) electrons. The van der Waals surface area contributed by atoms with Gasteiger partial charge in [0.15, 0.2) is 0 Å². The lowest BCUT2D eigenvalue weighted by molar-refractivity contribution is -0.161. The van der Waals surface area contributed by atoms with Crippen molar-refractivity contribution in [2.75, 3.05) is 32.7 Å². The molecule has 2 amide bonds. The summed E-state index contributed by atoms with van der Waals surface area (Å²) in [5, 5.41) is 3.10. The standard InChI is InChI=1S/C32H34F3N3O2/c33-32(34,35)22-38(31(40)29-27-14-6-4-12-25(27)26-13-5-7-15-28(26)29)19-9-8-18-37-20-16-24(17-21-37)36-30(39)23-10-2-1-3-11-23/h1-7,10-15,24,29H,8-9,16-22H2,(H,36,39). The lowest BCUT2D eigenvalue weighted by Crippen LogP contribution is -2.45. The Morgan fingerprint density at radius 2 is 1.40 bits per heavy atom. The summed E-state index contributed by atoms with van der Waals surface area (Å²) in [7, 11) is 0. The minimum Gasteiger partial charge on any atom is -0.349 e. The van der Waals surface area contributed by atoms with Crippen molar-refractivity contribution < 1.29 is 22.8 Å². The average molecular weight is 550 g/mol. The number of amides is 2. The number of piperidine rings is 1. The second-order valence-corrected chi connectivity index (χ2v) is 10.6. The third-order valence-corrected chi connectivity index (χ3v) is 7.87. The van der Waals surface area contributed by atoms with Crippen LogP contribution < -0.4 is 5.32 Å². The summed E-state index contributed by atoms with van der Waals surface area (Å²) in [5.74, 6) is -1.29. The van der Waals surface area contributed by atoms with Crippen LogP contribution in [0.4, 0.5) is 13.2 Å². The van der Waals surface area contributed by atoms with Gasteiger partial charge in [0.1, 0.15) is 6.54 Å². The van der Waals surface area contributed by atoms with Gasteiger partial charge in [-0.2, -0.15) is 13.2 Å². The predicted molar refractivity (Wildman–Crippen MR) is 149 cm³/mol. The van der Waals surface area contributed by atoms with Gasteiger partial charge in [0, 0.05) is 31.2 Å². The van der Waals surface area contributed by atoms with Crippen molar-refractivity contribution in [3.05, 3.63) is 95.6 Å². The maximum Gasteiger partial charge on any atom is 0.406 e. The quantitative estimate of drug-likeness (QED) is 0.340. The highest BCUT2D eigenvalue weighted by Crippen LogP contribution is 2.45. The molecule has 1 fully saturated rings. The van der Waals surface area contributed by atoms with Crippen LogP contribution >= 0.6 is 0 Å². The van der Waals surface area contributed by atoms with Crippen molar-refractivity contribution in [2.24, 2.45) is 0 Å². The summed E-state index contributed by atoms with van der Waals surface area (Å²) < 4.78 is 40.6. The summed E-state index contributed by atoms with van der Waals surface area (Å²) in [6.07, 6.45) is -1.63. The summed E-state index contributed by atoms with van der Waals surface area (Å²) in [4.78, 5) is 29.3. The van der Waals surface area contributed by atoms with Crippen molar-refractivity contribution in [1.82, 2.24) is 15.1 Å². The molecule has 1 aliphatic heterocycles. The van der Waals surface area contributed by atoms with Crippen molar-refractivity contribution in [2.45, 2.75) is 43.8 Å². The normalized spacial score (nSPS) is 15.9. The highest BCUT2D eigenvalue weighted by atomic mass is 19.4. The van der Waals surface area contributed by atoms with E-state index in [2.05, 4.69) is 10.2 Å². The molecule has 210 valence electrons. The van der Waals surface area contributed by atoms with E-state index in [9.17, 15) is 22.8 Å². The number of unbranched alkanes of at least 4 members (excludes halogenated alkanes) is 1. The second kappa shape index (κ2) is 12.3. The van der Waals surface area contributed by atoms with Gasteiger partial charge in [-0.25, -0.2) is 0 Å². The monoisotopic (exact) mass is 549 g/mol. The van der Waals surface area contributed by atoms with Gasteiger partial charge in [0.25, 0.3) is 5.91 Å². The molecule has 1 N–H and O–H groups in total. The molecule has 0 aromatic heterocycles. The molecule has 1 saturated heterocycles. The lowest BCUT2D eigenvalue weighted by atomic mass is 9.95. The molecule has 0 saturated carbocycles. The summed E-state index contributed by atoms with van der Waals surface area (Å²) in [6, 6.07) is 24.2. The van der Waals surface area contributed by atoms with Gasteiger partial charge < -0.3 is 15.1 Å². The zero-order valence-electron chi connectivity index (χ0n) is 22.4. The first kappa shape index (κ1) is 27.9.